The van der Waals surface area contributed by atoms with Crippen LogP contribution in [0.5, 0.6) is 0 Å². The van der Waals surface area contributed by atoms with Crippen LogP contribution in [0, 0.1) is 0 Å². The number of nitrogens with zero attached hydrogens (tertiary/aromatic N) is 1. The Morgan fingerprint density at radius 1 is 1.18 bits per heavy atom. The maximum Gasteiger partial charge on any atom is 0.185 e. The molecule has 114 valence electrons. The number of carbonyl (C=O) groups excluding carboxylic acids is 1. The number of thiophene rings is 1. The quantitative estimate of drug-likeness (QED) is 0.692. The molecule has 1 N–H and O–H groups in total. The lowest BCUT2D eigenvalue weighted by Crippen LogP contribution is -2.35. The third-order valence-corrected chi connectivity index (χ3v) is 4.76. The van der Waals surface area contributed by atoms with Crippen molar-refractivity contribution < 1.29 is 9.90 Å². The molecule has 1 aliphatic rings. The first-order valence-corrected chi connectivity index (χ1v) is 8.39. The number of benzene rings is 1. The zero-order valence-electron chi connectivity index (χ0n) is 12.3. The summed E-state index contributed by atoms with van der Waals surface area (Å²) < 4.78 is 0. The fourth-order valence-corrected chi connectivity index (χ4v) is 3.22. The minimum absolute atomic E-state index is 0.0222. The molecule has 2 heterocycles. The van der Waals surface area contributed by atoms with Gasteiger partial charge in [-0.3, -0.25) is 4.79 Å². The number of hydrogen-bond donors (Lipinski definition) is 1. The first kappa shape index (κ1) is 15.0. The van der Waals surface area contributed by atoms with Gasteiger partial charge in [-0.05, 0) is 60.7 Å². The van der Waals surface area contributed by atoms with Gasteiger partial charge in [-0.2, -0.15) is 0 Å². The molecule has 0 unspecified atom stereocenters. The molecule has 0 saturated carbocycles. The van der Waals surface area contributed by atoms with Gasteiger partial charge in [-0.1, -0.05) is 6.07 Å². The lowest BCUT2D eigenvalue weighted by molar-refractivity contribution is 0.104. The molecule has 1 fully saturated rings. The van der Waals surface area contributed by atoms with E-state index in [1.165, 1.54) is 0 Å². The van der Waals surface area contributed by atoms with Crippen molar-refractivity contribution in [1.29, 1.82) is 0 Å². The van der Waals surface area contributed by atoms with Crippen LogP contribution in [-0.2, 0) is 0 Å². The van der Waals surface area contributed by atoms with E-state index >= 15 is 0 Å². The average molecular weight is 313 g/mol. The third-order valence-electron chi connectivity index (χ3n) is 3.92. The highest BCUT2D eigenvalue weighted by Crippen LogP contribution is 2.21. The molecule has 1 aliphatic heterocycles. The van der Waals surface area contributed by atoms with E-state index in [1.807, 2.05) is 47.9 Å². The zero-order valence-corrected chi connectivity index (χ0v) is 13.1. The number of rotatable bonds is 4. The van der Waals surface area contributed by atoms with Gasteiger partial charge in [0, 0.05) is 29.2 Å². The van der Waals surface area contributed by atoms with Crippen molar-refractivity contribution >= 4 is 28.9 Å². The maximum atomic E-state index is 12.1. The molecule has 0 amide bonds. The molecular formula is C18H19NO2S. The molecule has 0 spiro atoms. The molecular weight excluding hydrogens is 294 g/mol. The topological polar surface area (TPSA) is 40.5 Å². The summed E-state index contributed by atoms with van der Waals surface area (Å²) >= 11 is 1.62. The minimum Gasteiger partial charge on any atom is -0.393 e. The molecule has 4 heteroatoms. The number of piperidine rings is 1. The third kappa shape index (κ3) is 3.64. The predicted molar refractivity (Wildman–Crippen MR) is 91.6 cm³/mol. The molecule has 2 aromatic rings. The van der Waals surface area contributed by atoms with Gasteiger partial charge in [0.15, 0.2) is 5.78 Å². The normalized spacial score (nSPS) is 16.3. The number of ketones is 1. The maximum absolute atomic E-state index is 12.1. The van der Waals surface area contributed by atoms with Crippen LogP contribution in [0.3, 0.4) is 0 Å². The summed E-state index contributed by atoms with van der Waals surface area (Å²) in [6.45, 7) is 1.74. The fourth-order valence-electron chi connectivity index (χ4n) is 2.60. The summed E-state index contributed by atoms with van der Waals surface area (Å²) in [6.07, 6.45) is 4.93. The molecule has 1 aromatic carbocycles. The highest BCUT2D eigenvalue weighted by atomic mass is 32.1. The second-order valence-electron chi connectivity index (χ2n) is 5.48. The van der Waals surface area contributed by atoms with Crippen molar-refractivity contribution in [2.75, 3.05) is 18.0 Å². The molecule has 0 radical (unpaired) electrons. The monoisotopic (exact) mass is 313 g/mol. The summed E-state index contributed by atoms with van der Waals surface area (Å²) in [5, 5.41) is 11.5. The molecule has 22 heavy (non-hydrogen) atoms. The Labute approximate surface area is 134 Å². The number of anilines is 1. The molecule has 1 aromatic heterocycles. The Hall–Kier alpha value is -1.91. The van der Waals surface area contributed by atoms with Gasteiger partial charge in [0.1, 0.15) is 0 Å². The summed E-state index contributed by atoms with van der Waals surface area (Å²) in [4.78, 5) is 15.5. The van der Waals surface area contributed by atoms with Crippen molar-refractivity contribution in [3.8, 4) is 0 Å². The first-order valence-electron chi connectivity index (χ1n) is 7.51. The lowest BCUT2D eigenvalue weighted by atomic mass is 10.1. The molecule has 0 bridgehead atoms. The van der Waals surface area contributed by atoms with Crippen LogP contribution < -0.4 is 4.90 Å². The summed E-state index contributed by atoms with van der Waals surface area (Å²) in [5.41, 5.74) is 1.82. The number of carbonyl (C=O) groups is 1. The number of aliphatic hydroxyl groups is 1. The molecule has 3 nitrogen and oxygen atoms in total. The lowest BCUT2D eigenvalue weighted by Gasteiger charge is -2.31. The average Bonchev–Trinajstić information content (AvgIpc) is 3.07. The fraction of sp³-hybridized carbons (Fsp3) is 0.278. The van der Waals surface area contributed by atoms with Crippen LogP contribution >= 0.6 is 11.3 Å². The van der Waals surface area contributed by atoms with Gasteiger partial charge >= 0.3 is 0 Å². The van der Waals surface area contributed by atoms with Crippen molar-refractivity contribution in [3.05, 3.63) is 58.3 Å². The molecule has 1 saturated heterocycles. The van der Waals surface area contributed by atoms with Gasteiger partial charge in [0.05, 0.1) is 6.10 Å². The smallest absolute Gasteiger partial charge is 0.185 e. The van der Waals surface area contributed by atoms with Crippen molar-refractivity contribution in [2.45, 2.75) is 18.9 Å². The largest absolute Gasteiger partial charge is 0.393 e. The van der Waals surface area contributed by atoms with Crippen LogP contribution in [0.2, 0.25) is 0 Å². The van der Waals surface area contributed by atoms with Crippen molar-refractivity contribution in [3.63, 3.8) is 0 Å². The van der Waals surface area contributed by atoms with Gasteiger partial charge < -0.3 is 10.0 Å². The number of allylic oxidation sites excluding steroid dienone is 1. The standard InChI is InChI=1S/C18H19NO2S/c20-16-9-11-19(12-10-16)15-5-3-14(4-6-15)18(21)8-7-17-2-1-13-22-17/h1-8,13,16,20H,9-12H2. The van der Waals surface area contributed by atoms with Crippen LogP contribution in [0.25, 0.3) is 6.08 Å². The number of aliphatic hydroxyl groups excluding tert-OH is 1. The second-order valence-corrected chi connectivity index (χ2v) is 6.46. The summed E-state index contributed by atoms with van der Waals surface area (Å²) in [7, 11) is 0. The molecule has 0 atom stereocenters. The summed E-state index contributed by atoms with van der Waals surface area (Å²) in [6, 6.07) is 11.7. The van der Waals surface area contributed by atoms with E-state index in [0.29, 0.717) is 5.56 Å². The van der Waals surface area contributed by atoms with Gasteiger partial charge in [0.25, 0.3) is 0 Å². The number of hydrogen-bond acceptors (Lipinski definition) is 4. The van der Waals surface area contributed by atoms with E-state index in [1.54, 1.807) is 17.4 Å². The Kier molecular flexibility index (Phi) is 4.71. The van der Waals surface area contributed by atoms with Gasteiger partial charge in [-0.25, -0.2) is 0 Å². The van der Waals surface area contributed by atoms with Gasteiger partial charge in [-0.15, -0.1) is 11.3 Å². The first-order chi connectivity index (χ1) is 10.7. The predicted octanol–water partition coefficient (Wildman–Crippen LogP) is 3.61. The summed E-state index contributed by atoms with van der Waals surface area (Å²) in [5.74, 6) is 0.0222. The molecule has 0 aliphatic carbocycles. The Bertz CT molecular complexity index is 638. The minimum atomic E-state index is -0.167. The Morgan fingerprint density at radius 2 is 1.91 bits per heavy atom. The van der Waals surface area contributed by atoms with Crippen molar-refractivity contribution in [1.82, 2.24) is 0 Å². The SMILES string of the molecule is O=C(C=Cc1cccs1)c1ccc(N2CCC(O)CC2)cc1. The molecule has 3 rings (SSSR count). The van der Waals surface area contributed by atoms with E-state index in [0.717, 1.165) is 36.5 Å². The van der Waals surface area contributed by atoms with Crippen LogP contribution in [0.1, 0.15) is 28.1 Å². The van der Waals surface area contributed by atoms with E-state index < -0.39 is 0 Å². The van der Waals surface area contributed by atoms with E-state index in [-0.39, 0.29) is 11.9 Å². The van der Waals surface area contributed by atoms with E-state index in [4.69, 9.17) is 0 Å². The highest BCUT2D eigenvalue weighted by molar-refractivity contribution is 7.10. The van der Waals surface area contributed by atoms with Crippen LogP contribution in [-0.4, -0.2) is 30.1 Å². The van der Waals surface area contributed by atoms with Crippen LogP contribution in [0.4, 0.5) is 5.69 Å². The Balaban J connectivity index is 1.65. The van der Waals surface area contributed by atoms with Gasteiger partial charge in [0.2, 0.25) is 0 Å². The second kappa shape index (κ2) is 6.90. The zero-order chi connectivity index (χ0) is 15.4. The highest BCUT2D eigenvalue weighted by Gasteiger charge is 2.17. The van der Waals surface area contributed by atoms with Crippen LogP contribution in [0.15, 0.2) is 47.9 Å². The van der Waals surface area contributed by atoms with E-state index in [9.17, 15) is 9.90 Å². The van der Waals surface area contributed by atoms with E-state index in [2.05, 4.69) is 4.90 Å². The van der Waals surface area contributed by atoms with Crippen molar-refractivity contribution in [2.24, 2.45) is 0 Å². The Morgan fingerprint density at radius 3 is 2.55 bits per heavy atom.